The molecule has 0 saturated carbocycles. The van der Waals surface area contributed by atoms with E-state index < -0.39 is 17.3 Å². The minimum absolute atomic E-state index is 0.512. The first-order valence-electron chi connectivity index (χ1n) is 8.33. The zero-order valence-corrected chi connectivity index (χ0v) is 15.2. The molecule has 27 heavy (non-hydrogen) atoms. The Kier molecular flexibility index (Phi) is 4.23. The number of hydrogen-bond acceptors (Lipinski definition) is 3. The van der Waals surface area contributed by atoms with Gasteiger partial charge in [-0.15, -0.1) is 11.3 Å². The van der Waals surface area contributed by atoms with Crippen LogP contribution in [0.4, 0.5) is 18.9 Å². The number of alkyl halides is 3. The molecule has 0 fully saturated rings. The number of thiophene rings is 1. The smallest absolute Gasteiger partial charge is 0.416 e. The maximum absolute atomic E-state index is 13.1. The van der Waals surface area contributed by atoms with Crippen LogP contribution in [0.5, 0.6) is 0 Å². The molecule has 3 aromatic rings. The molecular formula is C21H16F3NOS. The van der Waals surface area contributed by atoms with Gasteiger partial charge in [-0.1, -0.05) is 24.3 Å². The van der Waals surface area contributed by atoms with E-state index in [1.165, 1.54) is 12.1 Å². The number of ether oxygens (including phenoxy) is 1. The summed E-state index contributed by atoms with van der Waals surface area (Å²) in [4.78, 5) is 1.01. The van der Waals surface area contributed by atoms with Crippen molar-refractivity contribution < 1.29 is 17.9 Å². The number of hydrogen-bond donors (Lipinski definition) is 1. The van der Waals surface area contributed by atoms with E-state index in [1.807, 2.05) is 42.6 Å². The Balaban J connectivity index is 1.85. The summed E-state index contributed by atoms with van der Waals surface area (Å²) in [5.41, 5.74) is 1.54. The third kappa shape index (κ3) is 3.21. The van der Waals surface area contributed by atoms with Crippen molar-refractivity contribution in [3.05, 3.63) is 88.4 Å². The molecule has 1 N–H and O–H groups in total. The fourth-order valence-electron chi connectivity index (χ4n) is 3.22. The standard InChI is InChI=1S/C21H16F3NOS/c1-20(19-6-3-11-27-19)17-13-15(7-8-18(17)25-9-10-26-20)14-4-2-5-16(12-14)21(22,23)24/h2-13,25H,1H3. The number of rotatable bonds is 2. The molecule has 138 valence electrons. The third-order valence-corrected chi connectivity index (χ3v) is 5.73. The third-order valence-electron chi connectivity index (χ3n) is 4.66. The molecule has 0 bridgehead atoms. The quantitative estimate of drug-likeness (QED) is 0.534. The summed E-state index contributed by atoms with van der Waals surface area (Å²) >= 11 is 1.57. The summed E-state index contributed by atoms with van der Waals surface area (Å²) in [5, 5.41) is 5.15. The molecule has 1 aromatic heterocycles. The second-order valence-corrected chi connectivity index (χ2v) is 7.36. The van der Waals surface area contributed by atoms with Crippen LogP contribution in [0.15, 0.2) is 72.4 Å². The first kappa shape index (κ1) is 17.7. The van der Waals surface area contributed by atoms with E-state index in [4.69, 9.17) is 4.74 Å². The van der Waals surface area contributed by atoms with E-state index >= 15 is 0 Å². The molecular weight excluding hydrogens is 371 g/mol. The van der Waals surface area contributed by atoms with Gasteiger partial charge >= 0.3 is 6.18 Å². The summed E-state index contributed by atoms with van der Waals surface area (Å²) in [7, 11) is 0. The fourth-order valence-corrected chi connectivity index (χ4v) is 4.06. The number of fused-ring (bicyclic) bond motifs is 1. The van der Waals surface area contributed by atoms with Gasteiger partial charge in [-0.25, -0.2) is 0 Å². The molecule has 1 aliphatic rings. The average Bonchev–Trinajstić information content (AvgIpc) is 3.14. The van der Waals surface area contributed by atoms with Gasteiger partial charge in [-0.05, 0) is 53.8 Å². The molecule has 0 aliphatic carbocycles. The Hall–Kier alpha value is -2.73. The number of nitrogens with one attached hydrogen (secondary N) is 1. The summed E-state index contributed by atoms with van der Waals surface area (Å²) in [6, 6.07) is 14.9. The van der Waals surface area contributed by atoms with E-state index in [1.54, 1.807) is 29.9 Å². The molecule has 2 heterocycles. The number of benzene rings is 2. The molecule has 0 saturated heterocycles. The average molecular weight is 387 g/mol. The lowest BCUT2D eigenvalue weighted by atomic mass is 9.89. The highest BCUT2D eigenvalue weighted by Gasteiger charge is 2.35. The molecule has 0 spiro atoms. The Morgan fingerprint density at radius 1 is 1.00 bits per heavy atom. The molecule has 4 rings (SSSR count). The molecule has 0 radical (unpaired) electrons. The van der Waals surface area contributed by atoms with Gasteiger partial charge < -0.3 is 10.1 Å². The Bertz CT molecular complexity index is 995. The van der Waals surface area contributed by atoms with Crippen molar-refractivity contribution in [2.45, 2.75) is 18.7 Å². The second kappa shape index (κ2) is 6.46. The van der Waals surface area contributed by atoms with E-state index in [-0.39, 0.29) is 0 Å². The summed E-state index contributed by atoms with van der Waals surface area (Å²) in [6.07, 6.45) is -1.06. The van der Waals surface area contributed by atoms with Crippen LogP contribution >= 0.6 is 11.3 Å². The monoisotopic (exact) mass is 387 g/mol. The van der Waals surface area contributed by atoms with Crippen LogP contribution in [0.1, 0.15) is 22.9 Å². The van der Waals surface area contributed by atoms with Gasteiger partial charge in [0.05, 0.1) is 10.4 Å². The van der Waals surface area contributed by atoms with E-state index in [9.17, 15) is 13.2 Å². The maximum atomic E-state index is 13.1. The predicted molar refractivity (Wildman–Crippen MR) is 102 cm³/mol. The lowest BCUT2D eigenvalue weighted by molar-refractivity contribution is -0.137. The maximum Gasteiger partial charge on any atom is 0.416 e. The lowest BCUT2D eigenvalue weighted by Gasteiger charge is -2.29. The van der Waals surface area contributed by atoms with Gasteiger partial charge in [0.15, 0.2) is 5.60 Å². The largest absolute Gasteiger partial charge is 0.483 e. The summed E-state index contributed by atoms with van der Waals surface area (Å²) < 4.78 is 45.3. The van der Waals surface area contributed by atoms with Crippen LogP contribution in [-0.2, 0) is 16.5 Å². The van der Waals surface area contributed by atoms with Crippen LogP contribution in [-0.4, -0.2) is 0 Å². The summed E-state index contributed by atoms with van der Waals surface area (Å²) in [5.74, 6) is 0. The molecule has 6 heteroatoms. The number of halogens is 3. The molecule has 1 aliphatic heterocycles. The topological polar surface area (TPSA) is 21.3 Å². The fraction of sp³-hybridized carbons (Fsp3) is 0.143. The Morgan fingerprint density at radius 2 is 1.81 bits per heavy atom. The minimum Gasteiger partial charge on any atom is -0.483 e. The molecule has 1 unspecified atom stereocenters. The first-order valence-corrected chi connectivity index (χ1v) is 9.21. The van der Waals surface area contributed by atoms with Crippen molar-refractivity contribution in [2.24, 2.45) is 0 Å². The van der Waals surface area contributed by atoms with Gasteiger partial charge in [0.2, 0.25) is 0 Å². The SMILES string of the molecule is CC1(c2cccs2)OC=CNc2ccc(-c3cccc(C(F)(F)F)c3)cc21. The predicted octanol–water partition coefficient (Wildman–Crippen LogP) is 6.61. The first-order chi connectivity index (χ1) is 12.9. The zero-order valence-electron chi connectivity index (χ0n) is 14.4. The highest BCUT2D eigenvalue weighted by Crippen LogP contribution is 2.43. The Labute approximate surface area is 158 Å². The van der Waals surface area contributed by atoms with Crippen LogP contribution < -0.4 is 5.32 Å². The summed E-state index contributed by atoms with van der Waals surface area (Å²) in [6.45, 7) is 1.96. The van der Waals surface area contributed by atoms with Crippen LogP contribution in [0.25, 0.3) is 11.1 Å². The normalized spacial score (nSPS) is 19.0. The molecule has 2 aromatic carbocycles. The van der Waals surface area contributed by atoms with Crippen molar-refractivity contribution in [3.8, 4) is 11.1 Å². The highest BCUT2D eigenvalue weighted by molar-refractivity contribution is 7.10. The van der Waals surface area contributed by atoms with Gasteiger partial charge in [0.25, 0.3) is 0 Å². The van der Waals surface area contributed by atoms with Gasteiger partial charge in [-0.3, -0.25) is 0 Å². The lowest BCUT2D eigenvalue weighted by Crippen LogP contribution is -2.24. The van der Waals surface area contributed by atoms with Gasteiger partial charge in [-0.2, -0.15) is 13.2 Å². The van der Waals surface area contributed by atoms with Gasteiger partial charge in [0.1, 0.15) is 6.26 Å². The molecule has 0 amide bonds. The number of anilines is 1. The van der Waals surface area contributed by atoms with Crippen molar-refractivity contribution in [2.75, 3.05) is 5.32 Å². The molecule has 2 nitrogen and oxygen atoms in total. The zero-order chi connectivity index (χ0) is 19.1. The van der Waals surface area contributed by atoms with E-state index in [0.29, 0.717) is 11.1 Å². The van der Waals surface area contributed by atoms with Crippen molar-refractivity contribution in [1.82, 2.24) is 0 Å². The highest BCUT2D eigenvalue weighted by atomic mass is 32.1. The van der Waals surface area contributed by atoms with Gasteiger partial charge in [0, 0.05) is 17.5 Å². The van der Waals surface area contributed by atoms with Crippen LogP contribution in [0.3, 0.4) is 0 Å². The van der Waals surface area contributed by atoms with Crippen LogP contribution in [0, 0.1) is 0 Å². The van der Waals surface area contributed by atoms with E-state index in [0.717, 1.165) is 22.2 Å². The van der Waals surface area contributed by atoms with Crippen molar-refractivity contribution in [3.63, 3.8) is 0 Å². The van der Waals surface area contributed by atoms with Crippen molar-refractivity contribution >= 4 is 17.0 Å². The van der Waals surface area contributed by atoms with Crippen molar-refractivity contribution in [1.29, 1.82) is 0 Å². The second-order valence-electron chi connectivity index (χ2n) is 6.41. The minimum atomic E-state index is -4.37. The van der Waals surface area contributed by atoms with Crippen LogP contribution in [0.2, 0.25) is 0 Å². The van der Waals surface area contributed by atoms with E-state index in [2.05, 4.69) is 5.32 Å². The molecule has 1 atom stereocenters. The Morgan fingerprint density at radius 3 is 2.56 bits per heavy atom.